The van der Waals surface area contributed by atoms with Gasteiger partial charge < -0.3 is 47.8 Å². The smallest absolute Gasteiger partial charge is 0.305 e. The predicted octanol–water partition coefficient (Wildman–Crippen LogP) is 4.15. The second-order valence-corrected chi connectivity index (χ2v) is 18.5. The molecule has 0 radical (unpaired) electrons. The molecule has 4 rings (SSSR count). The van der Waals surface area contributed by atoms with Gasteiger partial charge in [-0.1, -0.05) is 103 Å². The number of amides is 5. The summed E-state index contributed by atoms with van der Waals surface area (Å²) in [6, 6.07) is 28.5. The second kappa shape index (κ2) is 26.4. The molecule has 4 aromatic carbocycles. The molecular weight excluding hydrogens is 852 g/mol. The summed E-state index contributed by atoms with van der Waals surface area (Å²) in [5.41, 5.74) is 15.0. The minimum absolute atomic E-state index is 0.0239. The summed E-state index contributed by atoms with van der Waals surface area (Å²) in [5.74, 6) is -5.62. The average molecular weight is 913 g/mol. The summed E-state index contributed by atoms with van der Waals surface area (Å²) < 4.78 is 13.6. The van der Waals surface area contributed by atoms with Crippen molar-refractivity contribution in [2.24, 2.45) is 17.4 Å². The van der Waals surface area contributed by atoms with Crippen molar-refractivity contribution in [3.05, 3.63) is 126 Å². The van der Waals surface area contributed by atoms with Gasteiger partial charge in [0.25, 0.3) is 0 Å². The van der Waals surface area contributed by atoms with Crippen molar-refractivity contribution in [2.45, 2.75) is 88.5 Å². The van der Waals surface area contributed by atoms with Crippen LogP contribution in [0.5, 0.6) is 5.75 Å². The van der Waals surface area contributed by atoms with E-state index in [1.54, 1.807) is 42.5 Å². The number of carbonyl (C=O) groups is 6. The number of nitrogens with one attached hydrogen (secondary N) is 4. The topological polar surface area (TPSA) is 280 Å². The summed E-state index contributed by atoms with van der Waals surface area (Å²) in [6.07, 6.45) is 1.53. The van der Waals surface area contributed by atoms with Crippen LogP contribution < -0.4 is 32.7 Å². The molecule has 0 aliphatic carbocycles. The number of nitrogens with two attached hydrogens (primary N) is 2. The number of benzene rings is 4. The fourth-order valence-corrected chi connectivity index (χ4v) is 9.15. The summed E-state index contributed by atoms with van der Waals surface area (Å²) in [4.78, 5) is 88.7. The Balaban J connectivity index is 1.33. The first kappa shape index (κ1) is 51.3. The lowest BCUT2D eigenvalue weighted by atomic mass is 9.97. The number of hydrogen-bond donors (Lipinski definition) is 9. The number of aliphatic carboxylic acids is 1. The molecule has 0 saturated heterocycles. The van der Waals surface area contributed by atoms with Crippen LogP contribution in [-0.2, 0) is 52.3 Å². The molecule has 2 unspecified atom stereocenters. The van der Waals surface area contributed by atoms with Gasteiger partial charge in [-0.3, -0.25) is 33.3 Å². The van der Waals surface area contributed by atoms with E-state index >= 15 is 0 Å². The average Bonchev–Trinajstić information content (AvgIpc) is 3.27. The Morgan fingerprint density at radius 2 is 1.22 bits per heavy atom. The number of carbonyl (C=O) groups excluding carboxylic acids is 5. The van der Waals surface area contributed by atoms with Crippen LogP contribution in [0.1, 0.15) is 68.1 Å². The lowest BCUT2D eigenvalue weighted by molar-refractivity contribution is -0.141. The van der Waals surface area contributed by atoms with Crippen molar-refractivity contribution < 1.29 is 48.4 Å². The molecule has 348 valence electrons. The highest BCUT2D eigenvalue weighted by Gasteiger charge is 2.33. The Morgan fingerprint density at radius 3 is 1.85 bits per heavy atom. The van der Waals surface area contributed by atoms with Gasteiger partial charge in [0.2, 0.25) is 36.9 Å². The zero-order chi connectivity index (χ0) is 47.2. The Hall–Kier alpha value is -6.35. The largest absolute Gasteiger partial charge is 0.508 e. The van der Waals surface area contributed by atoms with Gasteiger partial charge in [0, 0.05) is 31.7 Å². The zero-order valence-electron chi connectivity index (χ0n) is 36.4. The number of unbranched alkanes of at least 4 members (excludes halogenated alkanes) is 3. The molecule has 0 saturated carbocycles. The summed E-state index contributed by atoms with van der Waals surface area (Å²) >= 11 is 0. The maximum Gasteiger partial charge on any atom is 0.305 e. The van der Waals surface area contributed by atoms with Crippen LogP contribution in [0.2, 0.25) is 0 Å². The minimum Gasteiger partial charge on any atom is -0.508 e. The molecule has 0 heterocycles. The number of rotatable bonds is 28. The van der Waals surface area contributed by atoms with Gasteiger partial charge in [-0.05, 0) is 85.0 Å². The minimum atomic E-state index is -3.95. The highest BCUT2D eigenvalue weighted by molar-refractivity contribution is 7.57. The maximum atomic E-state index is 13.9. The van der Waals surface area contributed by atoms with Gasteiger partial charge in [0.05, 0.1) is 12.3 Å². The van der Waals surface area contributed by atoms with Crippen LogP contribution in [-0.4, -0.2) is 88.0 Å². The van der Waals surface area contributed by atoms with E-state index in [0.29, 0.717) is 55.3 Å². The van der Waals surface area contributed by atoms with Gasteiger partial charge in [-0.2, -0.15) is 0 Å². The maximum absolute atomic E-state index is 13.9. The van der Waals surface area contributed by atoms with Crippen LogP contribution in [0.25, 0.3) is 11.1 Å². The second-order valence-electron chi connectivity index (χ2n) is 16.1. The normalized spacial score (nSPS) is 13.8. The lowest BCUT2D eigenvalue weighted by Gasteiger charge is -2.24. The molecular formula is C48H61N6O10P. The number of carboxylic acids is 1. The molecule has 5 atom stereocenters. The van der Waals surface area contributed by atoms with E-state index in [0.717, 1.165) is 11.1 Å². The van der Waals surface area contributed by atoms with Crippen LogP contribution in [0.4, 0.5) is 0 Å². The van der Waals surface area contributed by atoms with Crippen LogP contribution in [0, 0.1) is 5.92 Å². The molecule has 11 N–H and O–H groups in total. The number of phenols is 1. The van der Waals surface area contributed by atoms with Crippen LogP contribution in [0.15, 0.2) is 109 Å². The monoisotopic (exact) mass is 912 g/mol. The quantitative estimate of drug-likeness (QED) is 0.0288. The van der Waals surface area contributed by atoms with Crippen molar-refractivity contribution >= 4 is 42.9 Å². The third-order valence-electron chi connectivity index (χ3n) is 10.7. The fraction of sp³-hybridized carbons (Fsp3) is 0.375. The van der Waals surface area contributed by atoms with Crippen LogP contribution in [0.3, 0.4) is 0 Å². The molecule has 17 heteroatoms. The number of primary amides is 1. The fourth-order valence-electron chi connectivity index (χ4n) is 7.26. The zero-order valence-corrected chi connectivity index (χ0v) is 37.3. The first-order chi connectivity index (χ1) is 31.1. The summed E-state index contributed by atoms with van der Waals surface area (Å²) in [6.45, 7) is 0.507. The molecule has 4 aromatic rings. The van der Waals surface area contributed by atoms with E-state index in [-0.39, 0.29) is 44.1 Å². The van der Waals surface area contributed by atoms with Gasteiger partial charge in [-0.25, -0.2) is 0 Å². The number of aromatic hydroxyl groups is 1. The molecule has 16 nitrogen and oxygen atoms in total. The standard InChI is InChI=1S/C48H61N6O10P/c49-26-10-9-16-40(45(50)59)53-48(62)41(29-34-20-24-39(55)25-21-34)52-43(56)17-8-3-11-27-51-47(61)42(30-44(57)58)54-46(60)38(32-65(63,64)31-35-12-4-1-5-13-35)28-33-18-22-37(23-19-33)36-14-6-2-7-15-36/h1-2,4-7,12-15,18-25,38,40-42,55H,3,8-11,16-17,26-32,49H2,(H2,50,59)(H,51,61)(H,52,56)(H,53,62)(H,54,60)(H,57,58)(H,63,64)/t38?,40-,41-,42-/m0/s1. The first-order valence-electron chi connectivity index (χ1n) is 21.8. The van der Waals surface area contributed by atoms with Crippen LogP contribution >= 0.6 is 7.37 Å². The summed E-state index contributed by atoms with van der Waals surface area (Å²) in [7, 11) is -3.95. The van der Waals surface area contributed by atoms with E-state index in [2.05, 4.69) is 21.3 Å². The van der Waals surface area contributed by atoms with Gasteiger partial charge in [0.15, 0.2) is 0 Å². The molecule has 0 fully saturated rings. The van der Waals surface area contributed by atoms with Gasteiger partial charge in [0.1, 0.15) is 23.9 Å². The van der Waals surface area contributed by atoms with E-state index < -0.39 is 79.5 Å². The molecule has 5 amide bonds. The Kier molecular flexibility index (Phi) is 20.9. The molecule has 0 aromatic heterocycles. The third kappa shape index (κ3) is 18.7. The SMILES string of the molecule is NCCCC[C@H](NC(=O)[C@H](Cc1ccc(O)cc1)NC(=O)CCCCCNC(=O)[C@H](CC(=O)O)NC(=O)C(Cc1ccc(-c2ccccc2)cc1)CP(=O)(O)Cc1ccccc1)C(N)=O. The van der Waals surface area contributed by atoms with Crippen molar-refractivity contribution in [3.8, 4) is 16.9 Å². The van der Waals surface area contributed by atoms with Gasteiger partial charge >= 0.3 is 5.97 Å². The molecule has 65 heavy (non-hydrogen) atoms. The Morgan fingerprint density at radius 1 is 0.615 bits per heavy atom. The molecule has 0 aliphatic rings. The predicted molar refractivity (Wildman–Crippen MR) is 247 cm³/mol. The van der Waals surface area contributed by atoms with Crippen molar-refractivity contribution in [1.82, 2.24) is 21.3 Å². The third-order valence-corrected chi connectivity index (χ3v) is 12.6. The van der Waals surface area contributed by atoms with Gasteiger partial charge in [-0.15, -0.1) is 0 Å². The lowest BCUT2D eigenvalue weighted by Crippen LogP contribution is -2.53. The Bertz CT molecular complexity index is 2210. The Labute approximate surface area is 379 Å². The number of carboxylic acid groups (broad SMARTS) is 1. The number of hydrogen-bond acceptors (Lipinski definition) is 9. The van der Waals surface area contributed by atoms with E-state index in [9.17, 15) is 48.4 Å². The molecule has 0 bridgehead atoms. The molecule has 0 spiro atoms. The highest BCUT2D eigenvalue weighted by atomic mass is 31.2. The van der Waals surface area contributed by atoms with E-state index in [4.69, 9.17) is 11.5 Å². The van der Waals surface area contributed by atoms with E-state index in [1.807, 2.05) is 54.6 Å². The molecule has 0 aliphatic heterocycles. The van der Waals surface area contributed by atoms with Crippen molar-refractivity contribution in [2.75, 3.05) is 19.3 Å². The highest BCUT2D eigenvalue weighted by Crippen LogP contribution is 2.46. The van der Waals surface area contributed by atoms with E-state index in [1.165, 1.54) is 12.1 Å². The summed E-state index contributed by atoms with van der Waals surface area (Å²) in [5, 5.41) is 29.9. The number of phenolic OH excluding ortho intramolecular Hbond substituents is 1. The first-order valence-corrected chi connectivity index (χ1v) is 23.8. The van der Waals surface area contributed by atoms with Crippen molar-refractivity contribution in [1.29, 1.82) is 0 Å². The van der Waals surface area contributed by atoms with Crippen molar-refractivity contribution in [3.63, 3.8) is 0 Å².